The van der Waals surface area contributed by atoms with Gasteiger partial charge in [-0.1, -0.05) is 18.2 Å². The number of aryl methyl sites for hydroxylation is 1. The zero-order chi connectivity index (χ0) is 12.3. The minimum atomic E-state index is -0.404. The molecule has 0 spiro atoms. The van der Waals surface area contributed by atoms with Crippen LogP contribution in [0.25, 0.3) is 0 Å². The monoisotopic (exact) mass is 233 g/mol. The number of amides is 1. The van der Waals surface area contributed by atoms with Gasteiger partial charge in [0.25, 0.3) is 0 Å². The lowest BCUT2D eigenvalue weighted by molar-refractivity contribution is -0.119. The molecule has 2 rings (SSSR count). The van der Waals surface area contributed by atoms with Crippen molar-refractivity contribution in [3.8, 4) is 0 Å². The first kappa shape index (κ1) is 12.1. The van der Waals surface area contributed by atoms with Gasteiger partial charge in [-0.25, -0.2) is 0 Å². The van der Waals surface area contributed by atoms with E-state index in [1.54, 1.807) is 6.92 Å². The van der Waals surface area contributed by atoms with E-state index >= 15 is 0 Å². The van der Waals surface area contributed by atoms with Gasteiger partial charge in [0.1, 0.15) is 0 Å². The quantitative estimate of drug-likeness (QED) is 0.868. The van der Waals surface area contributed by atoms with E-state index in [1.807, 2.05) is 23.1 Å². The van der Waals surface area contributed by atoms with Crippen LogP contribution in [0.2, 0.25) is 0 Å². The summed E-state index contributed by atoms with van der Waals surface area (Å²) in [6.07, 6.45) is 2.64. The number of anilines is 1. The second-order valence-corrected chi connectivity index (χ2v) is 4.67. The molecule has 1 aromatic rings. The van der Waals surface area contributed by atoms with E-state index in [9.17, 15) is 9.90 Å². The van der Waals surface area contributed by atoms with Crippen molar-refractivity contribution in [2.75, 3.05) is 11.4 Å². The molecular weight excluding hydrogens is 214 g/mol. The molecule has 0 saturated heterocycles. The fourth-order valence-corrected chi connectivity index (χ4v) is 2.26. The van der Waals surface area contributed by atoms with Crippen LogP contribution >= 0.6 is 0 Å². The summed E-state index contributed by atoms with van der Waals surface area (Å²) in [7, 11) is 0. The van der Waals surface area contributed by atoms with Crippen LogP contribution in [0.4, 0.5) is 5.69 Å². The maximum absolute atomic E-state index is 12.1. The summed E-state index contributed by atoms with van der Waals surface area (Å²) in [5.41, 5.74) is 2.30. The Morgan fingerprint density at radius 2 is 2.24 bits per heavy atom. The van der Waals surface area contributed by atoms with Crippen molar-refractivity contribution in [1.29, 1.82) is 0 Å². The second kappa shape index (κ2) is 5.32. The van der Waals surface area contributed by atoms with Gasteiger partial charge in [0.15, 0.2) is 0 Å². The summed E-state index contributed by atoms with van der Waals surface area (Å²) >= 11 is 0. The first-order valence-corrected chi connectivity index (χ1v) is 6.25. The van der Waals surface area contributed by atoms with Gasteiger partial charge in [-0.15, -0.1) is 0 Å². The van der Waals surface area contributed by atoms with E-state index in [-0.39, 0.29) is 5.91 Å². The molecule has 1 aliphatic rings. The summed E-state index contributed by atoms with van der Waals surface area (Å²) < 4.78 is 0. The second-order valence-electron chi connectivity index (χ2n) is 4.67. The van der Waals surface area contributed by atoms with E-state index < -0.39 is 6.10 Å². The van der Waals surface area contributed by atoms with Crippen molar-refractivity contribution in [2.45, 2.75) is 38.7 Å². The summed E-state index contributed by atoms with van der Waals surface area (Å²) in [6.45, 7) is 2.52. The zero-order valence-electron chi connectivity index (χ0n) is 10.2. The van der Waals surface area contributed by atoms with Crippen LogP contribution in [-0.4, -0.2) is 23.7 Å². The fourth-order valence-electron chi connectivity index (χ4n) is 2.26. The summed E-state index contributed by atoms with van der Waals surface area (Å²) in [5.74, 6) is 0.123. The molecule has 0 bridgehead atoms. The number of rotatable bonds is 3. The Balaban J connectivity index is 2.10. The average Bonchev–Trinajstić information content (AvgIpc) is 2.35. The predicted octanol–water partition coefficient (Wildman–Crippen LogP) is 2.13. The topological polar surface area (TPSA) is 40.5 Å². The Kier molecular flexibility index (Phi) is 3.79. The number of nitrogens with zero attached hydrogens (tertiary/aromatic N) is 1. The van der Waals surface area contributed by atoms with Gasteiger partial charge in [0.2, 0.25) is 5.91 Å². The molecule has 92 valence electrons. The Bertz CT molecular complexity index is 401. The lowest BCUT2D eigenvalue weighted by Crippen LogP contribution is -2.35. The van der Waals surface area contributed by atoms with E-state index in [2.05, 4.69) is 6.07 Å². The van der Waals surface area contributed by atoms with Crippen molar-refractivity contribution in [1.82, 2.24) is 0 Å². The SMILES string of the molecule is CC(O)CCC(=O)N1CCCc2ccccc21. The van der Waals surface area contributed by atoms with E-state index in [4.69, 9.17) is 0 Å². The Morgan fingerprint density at radius 3 is 3.00 bits per heavy atom. The molecule has 1 amide bonds. The Morgan fingerprint density at radius 1 is 1.47 bits per heavy atom. The third-order valence-corrected chi connectivity index (χ3v) is 3.19. The number of aliphatic hydroxyl groups is 1. The average molecular weight is 233 g/mol. The molecule has 3 nitrogen and oxygen atoms in total. The molecule has 0 fully saturated rings. The van der Waals surface area contributed by atoms with Crippen molar-refractivity contribution >= 4 is 11.6 Å². The highest BCUT2D eigenvalue weighted by Crippen LogP contribution is 2.27. The van der Waals surface area contributed by atoms with Crippen molar-refractivity contribution < 1.29 is 9.90 Å². The molecule has 1 N–H and O–H groups in total. The highest BCUT2D eigenvalue weighted by Gasteiger charge is 2.21. The minimum Gasteiger partial charge on any atom is -0.393 e. The molecule has 1 atom stereocenters. The number of carbonyl (C=O) groups excluding carboxylic acids is 1. The van der Waals surface area contributed by atoms with Gasteiger partial charge in [-0.05, 0) is 37.8 Å². The smallest absolute Gasteiger partial charge is 0.227 e. The lowest BCUT2D eigenvalue weighted by Gasteiger charge is -2.29. The van der Waals surface area contributed by atoms with Gasteiger partial charge in [-0.2, -0.15) is 0 Å². The first-order valence-electron chi connectivity index (χ1n) is 6.25. The lowest BCUT2D eigenvalue weighted by atomic mass is 10.0. The van der Waals surface area contributed by atoms with Gasteiger partial charge < -0.3 is 10.0 Å². The van der Waals surface area contributed by atoms with Crippen LogP contribution in [0.1, 0.15) is 31.7 Å². The number of hydrogen-bond donors (Lipinski definition) is 1. The number of hydrogen-bond acceptors (Lipinski definition) is 2. The Hall–Kier alpha value is -1.35. The number of carbonyl (C=O) groups is 1. The van der Waals surface area contributed by atoms with E-state index in [1.165, 1.54) is 5.56 Å². The molecule has 3 heteroatoms. The number of para-hydroxylation sites is 1. The molecule has 0 aromatic heterocycles. The van der Waals surface area contributed by atoms with Crippen LogP contribution < -0.4 is 4.90 Å². The van der Waals surface area contributed by atoms with Crippen LogP contribution in [0.15, 0.2) is 24.3 Å². The molecule has 17 heavy (non-hydrogen) atoms. The van der Waals surface area contributed by atoms with Crippen molar-refractivity contribution in [2.24, 2.45) is 0 Å². The third-order valence-electron chi connectivity index (χ3n) is 3.19. The van der Waals surface area contributed by atoms with E-state index in [0.717, 1.165) is 25.1 Å². The molecule has 0 saturated carbocycles. The summed E-state index contributed by atoms with van der Waals surface area (Å²) in [5, 5.41) is 9.22. The van der Waals surface area contributed by atoms with Crippen LogP contribution in [0, 0.1) is 0 Å². The third kappa shape index (κ3) is 2.86. The highest BCUT2D eigenvalue weighted by atomic mass is 16.3. The highest BCUT2D eigenvalue weighted by molar-refractivity contribution is 5.94. The number of benzene rings is 1. The maximum atomic E-state index is 12.1. The standard InChI is InChI=1S/C14H19NO2/c1-11(16)8-9-14(17)15-10-4-6-12-5-2-3-7-13(12)15/h2-3,5,7,11,16H,4,6,8-10H2,1H3. The van der Waals surface area contributed by atoms with Crippen molar-refractivity contribution in [3.63, 3.8) is 0 Å². The fraction of sp³-hybridized carbons (Fsp3) is 0.500. The molecule has 0 aliphatic carbocycles. The molecule has 0 radical (unpaired) electrons. The largest absolute Gasteiger partial charge is 0.393 e. The van der Waals surface area contributed by atoms with Gasteiger partial charge >= 0.3 is 0 Å². The number of fused-ring (bicyclic) bond motifs is 1. The molecule has 1 aromatic carbocycles. The van der Waals surface area contributed by atoms with Crippen LogP contribution in [0.5, 0.6) is 0 Å². The van der Waals surface area contributed by atoms with Crippen LogP contribution in [0.3, 0.4) is 0 Å². The first-order chi connectivity index (χ1) is 8.18. The van der Waals surface area contributed by atoms with Gasteiger partial charge in [-0.3, -0.25) is 4.79 Å². The summed E-state index contributed by atoms with van der Waals surface area (Å²) in [6, 6.07) is 8.08. The molecule has 1 heterocycles. The van der Waals surface area contributed by atoms with Gasteiger partial charge in [0, 0.05) is 18.7 Å². The Labute approximate surface area is 102 Å². The molecule has 1 unspecified atom stereocenters. The van der Waals surface area contributed by atoms with Crippen molar-refractivity contribution in [3.05, 3.63) is 29.8 Å². The minimum absolute atomic E-state index is 0.123. The van der Waals surface area contributed by atoms with Crippen LogP contribution in [-0.2, 0) is 11.2 Å². The van der Waals surface area contributed by atoms with E-state index in [0.29, 0.717) is 12.8 Å². The maximum Gasteiger partial charge on any atom is 0.227 e. The molecular formula is C14H19NO2. The van der Waals surface area contributed by atoms with Gasteiger partial charge in [0.05, 0.1) is 6.10 Å². The molecule has 1 aliphatic heterocycles. The normalized spacial score (nSPS) is 16.5. The summed E-state index contributed by atoms with van der Waals surface area (Å²) in [4.78, 5) is 13.9. The number of aliphatic hydroxyl groups excluding tert-OH is 1. The zero-order valence-corrected chi connectivity index (χ0v) is 10.2. The predicted molar refractivity (Wildman–Crippen MR) is 68.0 cm³/mol.